The Balaban J connectivity index is 2.03. The maximum Gasteiger partial charge on any atom is 0.328 e. The SMILES string of the molecule is CCOC1CCN(c2ccc(C=CC(=O)O)cc2C)CC1. The molecule has 114 valence electrons. The third-order valence-electron chi connectivity index (χ3n) is 3.82. The van der Waals surface area contributed by atoms with E-state index in [9.17, 15) is 4.79 Å². The molecule has 21 heavy (non-hydrogen) atoms. The summed E-state index contributed by atoms with van der Waals surface area (Å²) in [6.07, 6.45) is 5.31. The zero-order valence-electron chi connectivity index (χ0n) is 12.7. The van der Waals surface area contributed by atoms with E-state index in [1.807, 2.05) is 19.1 Å². The van der Waals surface area contributed by atoms with Crippen molar-refractivity contribution in [3.63, 3.8) is 0 Å². The van der Waals surface area contributed by atoms with Crippen LogP contribution in [-0.2, 0) is 9.53 Å². The Morgan fingerprint density at radius 3 is 2.71 bits per heavy atom. The van der Waals surface area contributed by atoms with E-state index < -0.39 is 5.97 Å². The van der Waals surface area contributed by atoms with Crippen LogP contribution in [0.15, 0.2) is 24.3 Å². The zero-order valence-corrected chi connectivity index (χ0v) is 12.7. The first-order valence-corrected chi connectivity index (χ1v) is 7.48. The van der Waals surface area contributed by atoms with Crippen LogP contribution in [0.2, 0.25) is 0 Å². The lowest BCUT2D eigenvalue weighted by Crippen LogP contribution is -2.37. The first-order chi connectivity index (χ1) is 10.1. The molecule has 0 aromatic heterocycles. The largest absolute Gasteiger partial charge is 0.478 e. The molecule has 1 aromatic carbocycles. The lowest BCUT2D eigenvalue weighted by atomic mass is 10.0. The Labute approximate surface area is 126 Å². The van der Waals surface area contributed by atoms with Gasteiger partial charge in [-0.05, 0) is 56.0 Å². The number of benzene rings is 1. The van der Waals surface area contributed by atoms with Gasteiger partial charge in [0.05, 0.1) is 6.10 Å². The van der Waals surface area contributed by atoms with Gasteiger partial charge in [0.25, 0.3) is 0 Å². The molecule has 0 bridgehead atoms. The molecule has 2 rings (SSSR count). The molecule has 0 radical (unpaired) electrons. The lowest BCUT2D eigenvalue weighted by Gasteiger charge is -2.34. The molecular weight excluding hydrogens is 266 g/mol. The summed E-state index contributed by atoms with van der Waals surface area (Å²) in [5, 5.41) is 8.66. The molecule has 1 aliphatic rings. The molecule has 1 N–H and O–H groups in total. The van der Waals surface area contributed by atoms with Crippen LogP contribution in [0, 0.1) is 6.92 Å². The maximum absolute atomic E-state index is 10.5. The summed E-state index contributed by atoms with van der Waals surface area (Å²) in [7, 11) is 0. The summed E-state index contributed by atoms with van der Waals surface area (Å²) in [6, 6.07) is 6.08. The first kappa shape index (κ1) is 15.6. The Hall–Kier alpha value is -1.81. The van der Waals surface area contributed by atoms with Crippen molar-refractivity contribution in [2.45, 2.75) is 32.8 Å². The number of hydrogen-bond donors (Lipinski definition) is 1. The van der Waals surface area contributed by atoms with Crippen LogP contribution in [0.5, 0.6) is 0 Å². The number of rotatable bonds is 5. The molecule has 0 amide bonds. The quantitative estimate of drug-likeness (QED) is 0.846. The van der Waals surface area contributed by atoms with E-state index in [-0.39, 0.29) is 0 Å². The predicted octanol–water partition coefficient (Wildman–Crippen LogP) is 3.10. The molecule has 1 aromatic rings. The van der Waals surface area contributed by atoms with Gasteiger partial charge in [-0.2, -0.15) is 0 Å². The molecule has 4 nitrogen and oxygen atoms in total. The van der Waals surface area contributed by atoms with E-state index in [1.165, 1.54) is 17.3 Å². The number of anilines is 1. The Kier molecular flexibility index (Phi) is 5.39. The smallest absolute Gasteiger partial charge is 0.328 e. The third-order valence-corrected chi connectivity index (χ3v) is 3.82. The molecule has 0 saturated carbocycles. The van der Waals surface area contributed by atoms with Gasteiger partial charge in [0.15, 0.2) is 0 Å². The minimum Gasteiger partial charge on any atom is -0.478 e. The van der Waals surface area contributed by atoms with Gasteiger partial charge in [0.1, 0.15) is 0 Å². The second-order valence-corrected chi connectivity index (χ2v) is 5.36. The molecular formula is C17H23NO3. The molecule has 1 fully saturated rings. The van der Waals surface area contributed by atoms with Crippen molar-refractivity contribution in [1.82, 2.24) is 0 Å². The number of carboxylic acids is 1. The first-order valence-electron chi connectivity index (χ1n) is 7.48. The Bertz CT molecular complexity index is 517. The minimum absolute atomic E-state index is 0.393. The fraction of sp³-hybridized carbons (Fsp3) is 0.471. The number of hydrogen-bond acceptors (Lipinski definition) is 3. The van der Waals surface area contributed by atoms with Gasteiger partial charge >= 0.3 is 5.97 Å². The number of piperidine rings is 1. The van der Waals surface area contributed by atoms with Crippen molar-refractivity contribution in [1.29, 1.82) is 0 Å². The average Bonchev–Trinajstić information content (AvgIpc) is 2.47. The summed E-state index contributed by atoms with van der Waals surface area (Å²) in [5.74, 6) is -0.922. The molecule has 0 aliphatic carbocycles. The number of aliphatic carboxylic acids is 1. The van der Waals surface area contributed by atoms with Crippen LogP contribution in [0.3, 0.4) is 0 Å². The fourth-order valence-corrected chi connectivity index (χ4v) is 2.80. The van der Waals surface area contributed by atoms with Crippen LogP contribution in [-0.4, -0.2) is 36.9 Å². The molecule has 1 aliphatic heterocycles. The molecule has 1 heterocycles. The molecule has 4 heteroatoms. The van der Waals surface area contributed by atoms with Gasteiger partial charge in [-0.15, -0.1) is 0 Å². The van der Waals surface area contributed by atoms with Crippen molar-refractivity contribution in [2.75, 3.05) is 24.6 Å². The van der Waals surface area contributed by atoms with Gasteiger partial charge in [-0.1, -0.05) is 6.07 Å². The van der Waals surface area contributed by atoms with E-state index in [1.54, 1.807) is 6.08 Å². The molecule has 0 unspecified atom stereocenters. The van der Waals surface area contributed by atoms with Crippen LogP contribution in [0.4, 0.5) is 5.69 Å². The fourth-order valence-electron chi connectivity index (χ4n) is 2.80. The van der Waals surface area contributed by atoms with Crippen molar-refractivity contribution < 1.29 is 14.6 Å². The normalized spacial score (nSPS) is 16.6. The van der Waals surface area contributed by atoms with Gasteiger partial charge < -0.3 is 14.7 Å². The Morgan fingerprint density at radius 1 is 1.43 bits per heavy atom. The topological polar surface area (TPSA) is 49.8 Å². The highest BCUT2D eigenvalue weighted by Crippen LogP contribution is 2.26. The van der Waals surface area contributed by atoms with E-state index >= 15 is 0 Å². The number of ether oxygens (including phenoxy) is 1. The van der Waals surface area contributed by atoms with Crippen molar-refractivity contribution in [3.8, 4) is 0 Å². The molecule has 0 spiro atoms. The minimum atomic E-state index is -0.922. The van der Waals surface area contributed by atoms with E-state index in [0.29, 0.717) is 6.10 Å². The second kappa shape index (κ2) is 7.27. The van der Waals surface area contributed by atoms with E-state index in [0.717, 1.165) is 38.1 Å². The zero-order chi connectivity index (χ0) is 15.2. The van der Waals surface area contributed by atoms with Gasteiger partial charge in [-0.3, -0.25) is 0 Å². The van der Waals surface area contributed by atoms with Crippen LogP contribution in [0.1, 0.15) is 30.9 Å². The van der Waals surface area contributed by atoms with Crippen LogP contribution >= 0.6 is 0 Å². The van der Waals surface area contributed by atoms with E-state index in [2.05, 4.69) is 17.9 Å². The summed E-state index contributed by atoms with van der Waals surface area (Å²) in [5.41, 5.74) is 3.33. The van der Waals surface area contributed by atoms with Crippen LogP contribution in [0.25, 0.3) is 6.08 Å². The van der Waals surface area contributed by atoms with Crippen LogP contribution < -0.4 is 4.90 Å². The predicted molar refractivity (Wildman–Crippen MR) is 84.7 cm³/mol. The monoisotopic (exact) mass is 289 g/mol. The molecule has 1 saturated heterocycles. The standard InChI is InChI=1S/C17H23NO3/c1-3-21-15-8-10-18(11-9-15)16-6-4-14(12-13(16)2)5-7-17(19)20/h4-7,12,15H,3,8-11H2,1-2H3,(H,19,20). The number of carboxylic acid groups (broad SMARTS) is 1. The average molecular weight is 289 g/mol. The highest BCUT2D eigenvalue weighted by atomic mass is 16.5. The highest BCUT2D eigenvalue weighted by molar-refractivity contribution is 5.85. The van der Waals surface area contributed by atoms with Crippen molar-refractivity contribution in [2.24, 2.45) is 0 Å². The second-order valence-electron chi connectivity index (χ2n) is 5.36. The van der Waals surface area contributed by atoms with Crippen molar-refractivity contribution in [3.05, 3.63) is 35.4 Å². The summed E-state index contributed by atoms with van der Waals surface area (Å²) in [4.78, 5) is 12.9. The number of carbonyl (C=O) groups is 1. The van der Waals surface area contributed by atoms with Gasteiger partial charge in [-0.25, -0.2) is 4.79 Å². The summed E-state index contributed by atoms with van der Waals surface area (Å²) >= 11 is 0. The lowest BCUT2D eigenvalue weighted by molar-refractivity contribution is -0.131. The van der Waals surface area contributed by atoms with Gasteiger partial charge in [0.2, 0.25) is 0 Å². The highest BCUT2D eigenvalue weighted by Gasteiger charge is 2.20. The molecule has 0 atom stereocenters. The number of aryl methyl sites for hydroxylation is 1. The maximum atomic E-state index is 10.5. The van der Waals surface area contributed by atoms with Gasteiger partial charge in [0, 0.05) is 31.5 Å². The van der Waals surface area contributed by atoms with Crippen molar-refractivity contribution >= 4 is 17.7 Å². The summed E-state index contributed by atoms with van der Waals surface area (Å²) < 4.78 is 5.68. The summed E-state index contributed by atoms with van der Waals surface area (Å²) in [6.45, 7) is 6.92. The third kappa shape index (κ3) is 4.33. The van der Waals surface area contributed by atoms with E-state index in [4.69, 9.17) is 9.84 Å². The number of nitrogens with zero attached hydrogens (tertiary/aromatic N) is 1. The Morgan fingerprint density at radius 2 is 2.14 bits per heavy atom.